The molecule has 0 radical (unpaired) electrons. The summed E-state index contributed by atoms with van der Waals surface area (Å²) in [6.45, 7) is 0. The molecule has 0 aliphatic heterocycles. The monoisotopic (exact) mass is 370 g/mol. The van der Waals surface area contributed by atoms with E-state index in [4.69, 9.17) is 16.3 Å². The molecule has 4 heteroatoms. The van der Waals surface area contributed by atoms with Crippen molar-refractivity contribution in [1.82, 2.24) is 0 Å². The standard InChI is InChI=1S/C22H23ClO3/c1-26-18-12-8-15(9-13-18)20(19-4-2-3-5-21(19)24)14-22(25)16-6-10-17(23)11-7-16/h6-13,19-20H,2-5,14H2,1H3. The van der Waals surface area contributed by atoms with Crippen LogP contribution >= 0.6 is 11.6 Å². The molecule has 2 atom stereocenters. The fraction of sp³-hybridized carbons (Fsp3) is 0.364. The van der Waals surface area contributed by atoms with E-state index in [2.05, 4.69) is 0 Å². The molecule has 0 amide bonds. The van der Waals surface area contributed by atoms with Crippen LogP contribution in [0.15, 0.2) is 48.5 Å². The van der Waals surface area contributed by atoms with Gasteiger partial charge in [-0.05, 0) is 54.8 Å². The van der Waals surface area contributed by atoms with Gasteiger partial charge in [0.2, 0.25) is 0 Å². The van der Waals surface area contributed by atoms with Gasteiger partial charge < -0.3 is 4.74 Å². The maximum absolute atomic E-state index is 12.8. The van der Waals surface area contributed by atoms with Crippen LogP contribution in [0.3, 0.4) is 0 Å². The van der Waals surface area contributed by atoms with Gasteiger partial charge in [-0.2, -0.15) is 0 Å². The zero-order valence-corrected chi connectivity index (χ0v) is 15.7. The Kier molecular flexibility index (Phi) is 6.10. The Hall–Kier alpha value is -2.13. The number of methoxy groups -OCH3 is 1. The highest BCUT2D eigenvalue weighted by molar-refractivity contribution is 6.30. The second kappa shape index (κ2) is 8.50. The van der Waals surface area contributed by atoms with Gasteiger partial charge in [-0.15, -0.1) is 0 Å². The van der Waals surface area contributed by atoms with Gasteiger partial charge in [0.1, 0.15) is 11.5 Å². The van der Waals surface area contributed by atoms with Gasteiger partial charge in [0, 0.05) is 35.3 Å². The summed E-state index contributed by atoms with van der Waals surface area (Å²) in [4.78, 5) is 25.4. The summed E-state index contributed by atoms with van der Waals surface area (Å²) in [6, 6.07) is 14.7. The van der Waals surface area contributed by atoms with E-state index in [1.165, 1.54) is 0 Å². The minimum absolute atomic E-state index is 0.0425. The first-order valence-corrected chi connectivity index (χ1v) is 9.41. The highest BCUT2D eigenvalue weighted by atomic mass is 35.5. The second-order valence-corrected chi connectivity index (χ2v) is 7.27. The third kappa shape index (κ3) is 4.34. The van der Waals surface area contributed by atoms with Gasteiger partial charge in [-0.3, -0.25) is 9.59 Å². The number of Topliss-reactive ketones (excluding diaryl/α,β-unsaturated/α-hetero) is 2. The van der Waals surface area contributed by atoms with E-state index in [1.807, 2.05) is 24.3 Å². The fourth-order valence-electron chi connectivity index (χ4n) is 3.73. The molecule has 0 N–H and O–H groups in total. The number of halogens is 1. The fourth-order valence-corrected chi connectivity index (χ4v) is 3.86. The smallest absolute Gasteiger partial charge is 0.163 e. The van der Waals surface area contributed by atoms with E-state index in [9.17, 15) is 9.59 Å². The van der Waals surface area contributed by atoms with Crippen LogP contribution < -0.4 is 4.74 Å². The SMILES string of the molecule is COc1ccc(C(CC(=O)c2ccc(Cl)cc2)C2CCCCC2=O)cc1. The van der Waals surface area contributed by atoms with Gasteiger partial charge in [0.05, 0.1) is 7.11 Å². The molecule has 3 rings (SSSR count). The predicted molar refractivity (Wildman–Crippen MR) is 103 cm³/mol. The number of carbonyl (C=O) groups is 2. The molecule has 0 aromatic heterocycles. The Morgan fingerprint density at radius 3 is 2.42 bits per heavy atom. The molecule has 2 unspecified atom stereocenters. The average Bonchev–Trinajstić information content (AvgIpc) is 2.67. The van der Waals surface area contributed by atoms with Crippen molar-refractivity contribution >= 4 is 23.2 Å². The van der Waals surface area contributed by atoms with Crippen LogP contribution in [0.5, 0.6) is 5.75 Å². The molecular formula is C22H23ClO3. The number of carbonyl (C=O) groups excluding carboxylic acids is 2. The van der Waals surface area contributed by atoms with Crippen LogP contribution in [-0.2, 0) is 4.79 Å². The van der Waals surface area contributed by atoms with Crippen molar-refractivity contribution in [2.45, 2.75) is 38.0 Å². The number of benzene rings is 2. The zero-order chi connectivity index (χ0) is 18.5. The lowest BCUT2D eigenvalue weighted by molar-refractivity contribution is -0.125. The molecule has 2 aromatic carbocycles. The maximum Gasteiger partial charge on any atom is 0.163 e. The maximum atomic E-state index is 12.8. The number of hydrogen-bond acceptors (Lipinski definition) is 3. The lowest BCUT2D eigenvalue weighted by Gasteiger charge is -2.29. The normalized spacial score (nSPS) is 18.4. The van der Waals surface area contributed by atoms with E-state index < -0.39 is 0 Å². The number of rotatable bonds is 6. The van der Waals surface area contributed by atoms with Crippen LogP contribution in [0.2, 0.25) is 5.02 Å². The van der Waals surface area contributed by atoms with E-state index in [0.29, 0.717) is 23.4 Å². The van der Waals surface area contributed by atoms with Crippen LogP contribution in [-0.4, -0.2) is 18.7 Å². The largest absolute Gasteiger partial charge is 0.497 e. The molecule has 26 heavy (non-hydrogen) atoms. The summed E-state index contributed by atoms with van der Waals surface area (Å²) < 4.78 is 5.23. The quantitative estimate of drug-likeness (QED) is 0.633. The van der Waals surface area contributed by atoms with Crippen molar-refractivity contribution in [3.05, 3.63) is 64.7 Å². The Morgan fingerprint density at radius 1 is 1.12 bits per heavy atom. The first kappa shape index (κ1) is 18.7. The first-order chi connectivity index (χ1) is 12.6. The summed E-state index contributed by atoms with van der Waals surface area (Å²) >= 11 is 5.92. The van der Waals surface area contributed by atoms with Gasteiger partial charge in [-0.1, -0.05) is 30.2 Å². The van der Waals surface area contributed by atoms with Crippen molar-refractivity contribution in [3.63, 3.8) is 0 Å². The Morgan fingerprint density at radius 2 is 1.81 bits per heavy atom. The van der Waals surface area contributed by atoms with Gasteiger partial charge in [-0.25, -0.2) is 0 Å². The molecule has 0 saturated heterocycles. The van der Waals surface area contributed by atoms with Gasteiger partial charge >= 0.3 is 0 Å². The molecule has 3 nitrogen and oxygen atoms in total. The topological polar surface area (TPSA) is 43.4 Å². The van der Waals surface area contributed by atoms with Crippen molar-refractivity contribution in [3.8, 4) is 5.75 Å². The molecule has 0 bridgehead atoms. The summed E-state index contributed by atoms with van der Waals surface area (Å²) in [7, 11) is 1.63. The highest BCUT2D eigenvalue weighted by Gasteiger charge is 2.32. The highest BCUT2D eigenvalue weighted by Crippen LogP contribution is 2.37. The minimum Gasteiger partial charge on any atom is -0.497 e. The lowest BCUT2D eigenvalue weighted by Crippen LogP contribution is -2.27. The molecule has 1 saturated carbocycles. The molecule has 2 aromatic rings. The minimum atomic E-state index is -0.100. The molecule has 0 spiro atoms. The second-order valence-electron chi connectivity index (χ2n) is 6.83. The summed E-state index contributed by atoms with van der Waals surface area (Å²) in [5, 5.41) is 0.607. The molecule has 1 aliphatic rings. The third-order valence-electron chi connectivity index (χ3n) is 5.20. The van der Waals surface area contributed by atoms with Crippen molar-refractivity contribution in [2.75, 3.05) is 7.11 Å². The molecular weight excluding hydrogens is 348 g/mol. The third-order valence-corrected chi connectivity index (χ3v) is 5.46. The molecule has 1 aliphatic carbocycles. The van der Waals surface area contributed by atoms with Crippen molar-refractivity contribution in [1.29, 1.82) is 0 Å². The van der Waals surface area contributed by atoms with Gasteiger partial charge in [0.15, 0.2) is 5.78 Å². The van der Waals surface area contributed by atoms with E-state index in [-0.39, 0.29) is 23.4 Å². The van der Waals surface area contributed by atoms with E-state index in [1.54, 1.807) is 31.4 Å². The molecule has 1 fully saturated rings. The molecule has 136 valence electrons. The Labute approximate surface area is 159 Å². The summed E-state index contributed by atoms with van der Waals surface area (Å²) in [5.74, 6) is 0.901. The van der Waals surface area contributed by atoms with Crippen LogP contribution in [0.4, 0.5) is 0 Å². The summed E-state index contributed by atoms with van der Waals surface area (Å²) in [5.41, 5.74) is 1.66. The summed E-state index contributed by atoms with van der Waals surface area (Å²) in [6.07, 6.45) is 3.79. The average molecular weight is 371 g/mol. The number of ketones is 2. The van der Waals surface area contributed by atoms with Crippen molar-refractivity contribution in [2.24, 2.45) is 5.92 Å². The van der Waals surface area contributed by atoms with Gasteiger partial charge in [0.25, 0.3) is 0 Å². The number of ether oxygens (including phenoxy) is 1. The zero-order valence-electron chi connectivity index (χ0n) is 14.9. The lowest BCUT2D eigenvalue weighted by atomic mass is 9.73. The predicted octanol–water partition coefficient (Wildman–Crippen LogP) is 5.46. The Bertz CT molecular complexity index is 765. The number of hydrogen-bond donors (Lipinski definition) is 0. The Balaban J connectivity index is 1.87. The first-order valence-electron chi connectivity index (χ1n) is 9.04. The van der Waals surface area contributed by atoms with Crippen LogP contribution in [0.25, 0.3) is 0 Å². The van der Waals surface area contributed by atoms with Crippen molar-refractivity contribution < 1.29 is 14.3 Å². The van der Waals surface area contributed by atoms with Crippen LogP contribution in [0, 0.1) is 5.92 Å². The van der Waals surface area contributed by atoms with E-state index in [0.717, 1.165) is 30.6 Å². The van der Waals surface area contributed by atoms with E-state index >= 15 is 0 Å². The van der Waals surface area contributed by atoms with Crippen LogP contribution in [0.1, 0.15) is 53.9 Å². The molecule has 0 heterocycles.